The topological polar surface area (TPSA) is 60.3 Å². The normalized spacial score (nSPS) is 10.8. The van der Waals surface area contributed by atoms with Crippen LogP contribution >= 0.6 is 11.3 Å². The summed E-state index contributed by atoms with van der Waals surface area (Å²) in [6.45, 7) is 6.72. The number of aryl methyl sites for hydroxylation is 1. The average molecular weight is 334 g/mol. The Morgan fingerprint density at radius 3 is 2.57 bits per heavy atom. The van der Waals surface area contributed by atoms with Gasteiger partial charge in [-0.3, -0.25) is 9.59 Å². The van der Waals surface area contributed by atoms with Crippen molar-refractivity contribution >= 4 is 17.2 Å². The smallest absolute Gasteiger partial charge is 0.307 e. The number of carbonyl (C=O) groups is 1. The van der Waals surface area contributed by atoms with Crippen molar-refractivity contribution in [2.24, 2.45) is 0 Å². The molecule has 0 aliphatic carbocycles. The molecule has 0 aliphatic heterocycles. The highest BCUT2D eigenvalue weighted by Crippen LogP contribution is 2.13. The van der Waals surface area contributed by atoms with Gasteiger partial charge in [0.15, 0.2) is 0 Å². The summed E-state index contributed by atoms with van der Waals surface area (Å²) in [4.78, 5) is 23.5. The number of ether oxygens (including phenoxy) is 1. The zero-order valence-electron chi connectivity index (χ0n) is 13.7. The van der Waals surface area contributed by atoms with E-state index in [-0.39, 0.29) is 16.9 Å². The van der Waals surface area contributed by atoms with Crippen LogP contribution in [0.4, 0.5) is 0 Å². The molecule has 0 fully saturated rings. The Labute approximate surface area is 139 Å². The van der Waals surface area contributed by atoms with Gasteiger partial charge in [0.2, 0.25) is 5.91 Å². The number of rotatable bonds is 7. The molecular formula is C17H22N2O3S. The summed E-state index contributed by atoms with van der Waals surface area (Å²) >= 11 is 1.16. The second-order valence-electron chi connectivity index (χ2n) is 5.63. The molecule has 0 unspecified atom stereocenters. The van der Waals surface area contributed by atoms with Crippen molar-refractivity contribution in [2.75, 3.05) is 0 Å². The molecule has 124 valence electrons. The summed E-state index contributed by atoms with van der Waals surface area (Å²) in [6, 6.07) is 7.67. The minimum Gasteiger partial charge on any atom is -0.491 e. The molecule has 0 bridgehead atoms. The van der Waals surface area contributed by atoms with Crippen molar-refractivity contribution in [3.8, 4) is 5.75 Å². The second kappa shape index (κ2) is 7.97. The van der Waals surface area contributed by atoms with E-state index in [1.807, 2.05) is 45.0 Å². The first-order chi connectivity index (χ1) is 11.0. The molecule has 2 aromatic rings. The van der Waals surface area contributed by atoms with Gasteiger partial charge >= 0.3 is 4.87 Å². The van der Waals surface area contributed by atoms with Crippen molar-refractivity contribution in [1.82, 2.24) is 9.88 Å². The zero-order chi connectivity index (χ0) is 16.8. The molecule has 2 rings (SSSR count). The molecule has 1 N–H and O–H groups in total. The third kappa shape index (κ3) is 5.25. The Bertz CT molecular complexity index is 701. The van der Waals surface area contributed by atoms with E-state index in [1.165, 1.54) is 0 Å². The highest BCUT2D eigenvalue weighted by molar-refractivity contribution is 7.07. The fourth-order valence-electron chi connectivity index (χ4n) is 2.13. The standard InChI is InChI=1S/C17H22N2O3S/c1-12(2)22-15-6-4-14(5-7-15)10-18-16(20)8-9-19-13(3)11-23-17(19)21/h4-7,11-12H,8-10H2,1-3H3,(H,18,20). The molecule has 5 nitrogen and oxygen atoms in total. The van der Waals surface area contributed by atoms with Crippen LogP contribution in [0.2, 0.25) is 0 Å². The van der Waals surface area contributed by atoms with E-state index in [2.05, 4.69) is 5.32 Å². The third-order valence-corrected chi connectivity index (χ3v) is 4.20. The molecule has 1 aromatic carbocycles. The summed E-state index contributed by atoms with van der Waals surface area (Å²) in [7, 11) is 0. The summed E-state index contributed by atoms with van der Waals surface area (Å²) in [5, 5.41) is 4.68. The number of aromatic nitrogens is 1. The lowest BCUT2D eigenvalue weighted by atomic mass is 10.2. The van der Waals surface area contributed by atoms with Gasteiger partial charge in [-0.05, 0) is 38.5 Å². The first kappa shape index (κ1) is 17.3. The molecule has 0 radical (unpaired) electrons. The number of thiazole rings is 1. The van der Waals surface area contributed by atoms with Crippen LogP contribution < -0.4 is 14.9 Å². The Balaban J connectivity index is 1.79. The summed E-state index contributed by atoms with van der Waals surface area (Å²) in [5.41, 5.74) is 1.91. The van der Waals surface area contributed by atoms with Crippen LogP contribution in [-0.2, 0) is 17.9 Å². The molecule has 6 heteroatoms. The number of nitrogens with one attached hydrogen (secondary N) is 1. The van der Waals surface area contributed by atoms with E-state index in [0.29, 0.717) is 19.5 Å². The maximum atomic E-state index is 11.9. The van der Waals surface area contributed by atoms with Gasteiger partial charge in [-0.25, -0.2) is 0 Å². The van der Waals surface area contributed by atoms with Gasteiger partial charge in [-0.15, -0.1) is 0 Å². The first-order valence-corrected chi connectivity index (χ1v) is 8.51. The fraction of sp³-hybridized carbons (Fsp3) is 0.412. The van der Waals surface area contributed by atoms with Crippen molar-refractivity contribution in [2.45, 2.75) is 46.4 Å². The lowest BCUT2D eigenvalue weighted by molar-refractivity contribution is -0.121. The Hall–Kier alpha value is -2.08. The van der Waals surface area contributed by atoms with Gasteiger partial charge < -0.3 is 14.6 Å². The highest BCUT2D eigenvalue weighted by atomic mass is 32.1. The van der Waals surface area contributed by atoms with Gasteiger partial charge in [-0.2, -0.15) is 0 Å². The molecule has 0 saturated carbocycles. The van der Waals surface area contributed by atoms with Gasteiger partial charge in [0.25, 0.3) is 0 Å². The van der Waals surface area contributed by atoms with Gasteiger partial charge in [0, 0.05) is 30.6 Å². The first-order valence-electron chi connectivity index (χ1n) is 7.63. The van der Waals surface area contributed by atoms with Crippen molar-refractivity contribution < 1.29 is 9.53 Å². The third-order valence-electron chi connectivity index (χ3n) is 3.32. The number of benzene rings is 1. The maximum absolute atomic E-state index is 11.9. The van der Waals surface area contributed by atoms with Crippen molar-refractivity contribution in [3.63, 3.8) is 0 Å². The van der Waals surface area contributed by atoms with Crippen LogP contribution in [0.3, 0.4) is 0 Å². The minimum absolute atomic E-state index is 0.0176. The van der Waals surface area contributed by atoms with Crippen LogP contribution in [0.5, 0.6) is 5.75 Å². The van der Waals surface area contributed by atoms with E-state index < -0.39 is 0 Å². The number of carbonyl (C=O) groups excluding carboxylic acids is 1. The van der Waals surface area contributed by atoms with Gasteiger partial charge in [0.05, 0.1) is 6.10 Å². The largest absolute Gasteiger partial charge is 0.491 e. The lowest BCUT2D eigenvalue weighted by Crippen LogP contribution is -2.25. The second-order valence-corrected chi connectivity index (χ2v) is 6.45. The van der Waals surface area contributed by atoms with E-state index in [1.54, 1.807) is 9.95 Å². The van der Waals surface area contributed by atoms with Crippen molar-refractivity contribution in [3.05, 3.63) is 50.6 Å². The maximum Gasteiger partial charge on any atom is 0.307 e. The van der Waals surface area contributed by atoms with Crippen molar-refractivity contribution in [1.29, 1.82) is 0 Å². The number of hydrogen-bond donors (Lipinski definition) is 1. The molecule has 0 saturated heterocycles. The Morgan fingerprint density at radius 2 is 2.00 bits per heavy atom. The zero-order valence-corrected chi connectivity index (χ0v) is 14.5. The minimum atomic E-state index is -0.0648. The fourth-order valence-corrected chi connectivity index (χ4v) is 2.90. The van der Waals surface area contributed by atoms with Crippen LogP contribution in [0.1, 0.15) is 31.5 Å². The molecule has 1 aromatic heterocycles. The molecule has 1 amide bonds. The van der Waals surface area contributed by atoms with Crippen LogP contribution in [-0.4, -0.2) is 16.6 Å². The van der Waals surface area contributed by atoms with E-state index in [9.17, 15) is 9.59 Å². The summed E-state index contributed by atoms with van der Waals surface area (Å²) < 4.78 is 7.21. The van der Waals surface area contributed by atoms with E-state index >= 15 is 0 Å². The predicted octanol–water partition coefficient (Wildman–Crippen LogP) is 2.71. The van der Waals surface area contributed by atoms with Gasteiger partial charge in [-0.1, -0.05) is 23.5 Å². The lowest BCUT2D eigenvalue weighted by Gasteiger charge is -2.10. The highest BCUT2D eigenvalue weighted by Gasteiger charge is 2.06. The van der Waals surface area contributed by atoms with Crippen LogP contribution in [0.25, 0.3) is 0 Å². The van der Waals surface area contributed by atoms with Gasteiger partial charge in [0.1, 0.15) is 5.75 Å². The summed E-state index contributed by atoms with van der Waals surface area (Å²) in [5.74, 6) is 0.757. The molecule has 1 heterocycles. The predicted molar refractivity (Wildman–Crippen MR) is 92.0 cm³/mol. The molecular weight excluding hydrogens is 312 g/mol. The molecule has 0 atom stereocenters. The number of nitrogens with zero attached hydrogens (tertiary/aromatic N) is 1. The van der Waals surface area contributed by atoms with E-state index in [4.69, 9.17) is 4.74 Å². The molecule has 0 spiro atoms. The SMILES string of the molecule is Cc1csc(=O)n1CCC(=O)NCc1ccc(OC(C)C)cc1. The Morgan fingerprint density at radius 1 is 1.30 bits per heavy atom. The number of amides is 1. The molecule has 0 aliphatic rings. The van der Waals surface area contributed by atoms with Crippen LogP contribution in [0, 0.1) is 6.92 Å². The number of hydrogen-bond acceptors (Lipinski definition) is 4. The summed E-state index contributed by atoms with van der Waals surface area (Å²) in [6.07, 6.45) is 0.441. The monoisotopic (exact) mass is 334 g/mol. The Kier molecular flexibility index (Phi) is 5.98. The quantitative estimate of drug-likeness (QED) is 0.847. The van der Waals surface area contributed by atoms with Crippen LogP contribution in [0.15, 0.2) is 34.4 Å². The van der Waals surface area contributed by atoms with E-state index in [0.717, 1.165) is 28.3 Å². The molecule has 23 heavy (non-hydrogen) atoms. The average Bonchev–Trinajstić information content (AvgIpc) is 2.83.